The standard InChI is InChI=1S/C28H25FN2O2S/c1-16-5-7-18(8-6-16)26-25(28(33)31-21-11-9-20(29)10-12-21)17(2)30-22-14-19(15-23(32)27(22)26)24-4-3-13-34-24/h3-13,19,26,30H,14-15H2,1-2H3,(H,31,33)/t19-,26+/m0/s1. The van der Waals surface area contributed by atoms with Gasteiger partial charge < -0.3 is 10.6 Å². The van der Waals surface area contributed by atoms with Gasteiger partial charge in [0, 0.05) is 51.4 Å². The third-order valence-corrected chi connectivity index (χ3v) is 7.57. The van der Waals surface area contributed by atoms with Crippen LogP contribution >= 0.6 is 11.3 Å². The van der Waals surface area contributed by atoms with Crippen LogP contribution in [0.1, 0.15) is 47.6 Å². The van der Waals surface area contributed by atoms with E-state index in [1.807, 2.05) is 49.6 Å². The van der Waals surface area contributed by atoms with E-state index in [0.29, 0.717) is 23.3 Å². The molecule has 1 amide bonds. The Bertz CT molecular complexity index is 1310. The summed E-state index contributed by atoms with van der Waals surface area (Å²) in [7, 11) is 0. The van der Waals surface area contributed by atoms with E-state index in [1.54, 1.807) is 11.3 Å². The lowest BCUT2D eigenvalue weighted by atomic mass is 9.72. The van der Waals surface area contributed by atoms with E-state index < -0.39 is 5.92 Å². The maximum Gasteiger partial charge on any atom is 0.254 e. The molecule has 2 aliphatic rings. The maximum absolute atomic E-state index is 13.6. The topological polar surface area (TPSA) is 58.2 Å². The van der Waals surface area contributed by atoms with E-state index in [0.717, 1.165) is 28.9 Å². The van der Waals surface area contributed by atoms with E-state index in [2.05, 4.69) is 16.7 Å². The number of dihydropyridines is 1. The van der Waals surface area contributed by atoms with Crippen LogP contribution in [0.15, 0.2) is 88.6 Å². The van der Waals surface area contributed by atoms with Crippen LogP contribution in [0.5, 0.6) is 0 Å². The molecule has 0 radical (unpaired) electrons. The number of thiophene rings is 1. The highest BCUT2D eigenvalue weighted by molar-refractivity contribution is 7.10. The van der Waals surface area contributed by atoms with Crippen LogP contribution in [-0.2, 0) is 9.59 Å². The largest absolute Gasteiger partial charge is 0.362 e. The summed E-state index contributed by atoms with van der Waals surface area (Å²) in [6.07, 6.45) is 1.16. The van der Waals surface area contributed by atoms with Crippen molar-refractivity contribution in [2.45, 2.75) is 38.5 Å². The molecule has 1 aliphatic heterocycles. The molecule has 5 rings (SSSR count). The molecular weight excluding hydrogens is 447 g/mol. The van der Waals surface area contributed by atoms with E-state index in [1.165, 1.54) is 29.1 Å². The molecule has 1 aromatic heterocycles. The minimum atomic E-state index is -0.464. The Labute approximate surface area is 202 Å². The normalized spacial score (nSPS) is 20.1. The van der Waals surface area contributed by atoms with E-state index in [9.17, 15) is 14.0 Å². The van der Waals surface area contributed by atoms with Crippen molar-refractivity contribution in [1.29, 1.82) is 0 Å². The zero-order valence-corrected chi connectivity index (χ0v) is 19.8. The molecule has 3 aromatic rings. The summed E-state index contributed by atoms with van der Waals surface area (Å²) < 4.78 is 13.3. The number of hydrogen-bond acceptors (Lipinski definition) is 4. The third-order valence-electron chi connectivity index (χ3n) is 6.53. The lowest BCUT2D eigenvalue weighted by molar-refractivity contribution is -0.116. The number of aryl methyl sites for hydroxylation is 1. The van der Waals surface area contributed by atoms with E-state index >= 15 is 0 Å². The van der Waals surface area contributed by atoms with Gasteiger partial charge in [0.15, 0.2) is 5.78 Å². The van der Waals surface area contributed by atoms with Crippen LogP contribution in [0.25, 0.3) is 0 Å². The first kappa shape index (κ1) is 22.3. The van der Waals surface area contributed by atoms with Crippen molar-refractivity contribution < 1.29 is 14.0 Å². The van der Waals surface area contributed by atoms with Gasteiger partial charge in [-0.25, -0.2) is 4.39 Å². The van der Waals surface area contributed by atoms with Gasteiger partial charge in [-0.2, -0.15) is 0 Å². The van der Waals surface area contributed by atoms with Gasteiger partial charge >= 0.3 is 0 Å². The fourth-order valence-electron chi connectivity index (χ4n) is 4.89. The molecule has 1 aliphatic carbocycles. The maximum atomic E-state index is 13.6. The number of carbonyl (C=O) groups excluding carboxylic acids is 2. The van der Waals surface area contributed by atoms with Crippen molar-refractivity contribution in [2.75, 3.05) is 5.32 Å². The Morgan fingerprint density at radius 2 is 1.76 bits per heavy atom. The van der Waals surface area contributed by atoms with Crippen LogP contribution in [0.3, 0.4) is 0 Å². The van der Waals surface area contributed by atoms with Gasteiger partial charge in [0.05, 0.1) is 0 Å². The SMILES string of the molecule is CC1=C(C(=O)Nc2ccc(F)cc2)[C@@H](c2ccc(C)cc2)C2=C(C[C@H](c3cccs3)CC2=O)N1. The van der Waals surface area contributed by atoms with Crippen LogP contribution < -0.4 is 10.6 Å². The number of benzene rings is 2. The van der Waals surface area contributed by atoms with Crippen LogP contribution in [0, 0.1) is 12.7 Å². The molecular formula is C28H25FN2O2S. The first-order chi connectivity index (χ1) is 16.4. The highest BCUT2D eigenvalue weighted by atomic mass is 32.1. The summed E-state index contributed by atoms with van der Waals surface area (Å²) >= 11 is 1.67. The fourth-order valence-corrected chi connectivity index (χ4v) is 5.72. The Kier molecular flexibility index (Phi) is 5.92. The first-order valence-corrected chi connectivity index (χ1v) is 12.2. The van der Waals surface area contributed by atoms with Gasteiger partial charge in [0.2, 0.25) is 0 Å². The Morgan fingerprint density at radius 3 is 2.44 bits per heavy atom. The zero-order chi connectivity index (χ0) is 23.8. The predicted molar refractivity (Wildman–Crippen MR) is 133 cm³/mol. The molecule has 0 fully saturated rings. The number of Topliss-reactive ketones (excluding diaryl/α,β-unsaturated/α-hetero) is 1. The second-order valence-corrected chi connectivity index (χ2v) is 9.88. The lowest BCUT2D eigenvalue weighted by Crippen LogP contribution is -2.37. The summed E-state index contributed by atoms with van der Waals surface area (Å²) in [4.78, 5) is 28.3. The van der Waals surface area contributed by atoms with Gasteiger partial charge in [-0.1, -0.05) is 35.9 Å². The van der Waals surface area contributed by atoms with Gasteiger partial charge in [0.25, 0.3) is 5.91 Å². The summed E-state index contributed by atoms with van der Waals surface area (Å²) in [5, 5.41) is 8.32. The molecule has 2 N–H and O–H groups in total. The average molecular weight is 473 g/mol. The Morgan fingerprint density at radius 1 is 1.03 bits per heavy atom. The smallest absolute Gasteiger partial charge is 0.254 e. The van der Waals surface area contributed by atoms with Crippen LogP contribution in [0.2, 0.25) is 0 Å². The molecule has 4 nitrogen and oxygen atoms in total. The molecule has 0 spiro atoms. The number of hydrogen-bond donors (Lipinski definition) is 2. The number of anilines is 1. The predicted octanol–water partition coefficient (Wildman–Crippen LogP) is 6.20. The number of carbonyl (C=O) groups is 2. The van der Waals surface area contributed by atoms with Crippen molar-refractivity contribution in [3.8, 4) is 0 Å². The number of rotatable bonds is 4. The minimum Gasteiger partial charge on any atom is -0.362 e. The van der Waals surface area contributed by atoms with E-state index in [4.69, 9.17) is 0 Å². The van der Waals surface area contributed by atoms with Gasteiger partial charge in [-0.05, 0) is 61.5 Å². The second-order valence-electron chi connectivity index (χ2n) is 8.90. The molecule has 2 heterocycles. The van der Waals surface area contributed by atoms with Crippen molar-refractivity contribution in [2.24, 2.45) is 0 Å². The second kappa shape index (κ2) is 9.03. The molecule has 0 saturated heterocycles. The molecule has 2 aromatic carbocycles. The molecule has 2 atom stereocenters. The number of ketones is 1. The van der Waals surface area contributed by atoms with Crippen molar-refractivity contribution in [3.63, 3.8) is 0 Å². The third kappa shape index (κ3) is 4.21. The fraction of sp³-hybridized carbons (Fsp3) is 0.214. The summed E-state index contributed by atoms with van der Waals surface area (Å²) in [6.45, 7) is 3.89. The molecule has 172 valence electrons. The van der Waals surface area contributed by atoms with Gasteiger partial charge in [-0.3, -0.25) is 9.59 Å². The number of allylic oxidation sites excluding steroid dienone is 3. The summed E-state index contributed by atoms with van der Waals surface area (Å²) in [5.74, 6) is -0.929. The highest BCUT2D eigenvalue weighted by Crippen LogP contribution is 2.46. The quantitative estimate of drug-likeness (QED) is 0.476. The van der Waals surface area contributed by atoms with Gasteiger partial charge in [0.1, 0.15) is 5.82 Å². The van der Waals surface area contributed by atoms with Crippen molar-refractivity contribution >= 4 is 28.7 Å². The monoisotopic (exact) mass is 472 g/mol. The number of amides is 1. The molecule has 0 saturated carbocycles. The Hall–Kier alpha value is -3.51. The Balaban J connectivity index is 1.55. The molecule has 0 unspecified atom stereocenters. The minimum absolute atomic E-state index is 0.0670. The van der Waals surface area contributed by atoms with Gasteiger partial charge in [-0.15, -0.1) is 11.3 Å². The number of nitrogens with one attached hydrogen (secondary N) is 2. The zero-order valence-electron chi connectivity index (χ0n) is 19.0. The number of halogens is 1. The molecule has 34 heavy (non-hydrogen) atoms. The first-order valence-electron chi connectivity index (χ1n) is 11.3. The van der Waals surface area contributed by atoms with Crippen LogP contribution in [-0.4, -0.2) is 11.7 Å². The average Bonchev–Trinajstić information content (AvgIpc) is 3.35. The highest BCUT2D eigenvalue weighted by Gasteiger charge is 2.41. The molecule has 6 heteroatoms. The summed E-state index contributed by atoms with van der Waals surface area (Å²) in [5.41, 5.74) is 5.33. The van der Waals surface area contributed by atoms with E-state index in [-0.39, 0.29) is 23.4 Å². The summed E-state index contributed by atoms with van der Waals surface area (Å²) in [6, 6.07) is 17.8. The lowest BCUT2D eigenvalue weighted by Gasteiger charge is -2.36. The van der Waals surface area contributed by atoms with Crippen molar-refractivity contribution in [3.05, 3.63) is 110 Å². The van der Waals surface area contributed by atoms with Crippen molar-refractivity contribution in [1.82, 2.24) is 5.32 Å². The molecule has 0 bridgehead atoms. The van der Waals surface area contributed by atoms with Crippen LogP contribution in [0.4, 0.5) is 10.1 Å².